The van der Waals surface area contributed by atoms with Gasteiger partial charge in [-0.3, -0.25) is 4.79 Å². The minimum absolute atomic E-state index is 0.00950. The van der Waals surface area contributed by atoms with Gasteiger partial charge in [-0.05, 0) is 81.6 Å². The Bertz CT molecular complexity index is 1060. The predicted molar refractivity (Wildman–Crippen MR) is 133 cm³/mol. The monoisotopic (exact) mass is 471 g/mol. The Balaban J connectivity index is 1.57. The van der Waals surface area contributed by atoms with Crippen molar-refractivity contribution in [3.05, 3.63) is 64.7 Å². The Hall–Kier alpha value is -2.22. The predicted octanol–water partition coefficient (Wildman–Crippen LogP) is 3.69. The fourth-order valence-electron chi connectivity index (χ4n) is 4.30. The molecule has 2 aromatic carbocycles. The average Bonchev–Trinajstić information content (AvgIpc) is 2.81. The van der Waals surface area contributed by atoms with Gasteiger partial charge in [0.25, 0.3) is 0 Å². The summed E-state index contributed by atoms with van der Waals surface area (Å²) in [4.78, 5) is 15.3. The van der Waals surface area contributed by atoms with Crippen LogP contribution in [0.4, 0.5) is 0 Å². The van der Waals surface area contributed by atoms with Gasteiger partial charge in [-0.2, -0.15) is 4.31 Å². The van der Waals surface area contributed by atoms with Gasteiger partial charge in [0.2, 0.25) is 15.9 Å². The first kappa shape index (κ1) is 25.4. The molecule has 1 aliphatic heterocycles. The van der Waals surface area contributed by atoms with Crippen LogP contribution in [0.25, 0.3) is 0 Å². The maximum atomic E-state index is 13.0. The zero-order valence-corrected chi connectivity index (χ0v) is 21.3. The minimum atomic E-state index is -3.53. The number of carbonyl (C=O) groups excluding carboxylic acids is 1. The molecule has 0 saturated carbocycles. The van der Waals surface area contributed by atoms with E-state index in [2.05, 4.69) is 41.4 Å². The van der Waals surface area contributed by atoms with Crippen molar-refractivity contribution in [1.82, 2.24) is 14.5 Å². The van der Waals surface area contributed by atoms with Gasteiger partial charge in [0.05, 0.1) is 10.9 Å². The molecule has 0 aliphatic carbocycles. The summed E-state index contributed by atoms with van der Waals surface area (Å²) >= 11 is 0. The number of sulfonamides is 1. The summed E-state index contributed by atoms with van der Waals surface area (Å²) < 4.78 is 27.6. The van der Waals surface area contributed by atoms with Crippen molar-refractivity contribution in [2.24, 2.45) is 5.92 Å². The number of likely N-dealkylation sites (N-methyl/N-ethyl adjacent to an activating group) is 1. The van der Waals surface area contributed by atoms with Crippen LogP contribution in [0.2, 0.25) is 0 Å². The van der Waals surface area contributed by atoms with Gasteiger partial charge in [0.15, 0.2) is 0 Å². The summed E-state index contributed by atoms with van der Waals surface area (Å²) in [7, 11) is 0.495. The summed E-state index contributed by atoms with van der Waals surface area (Å²) in [5, 5.41) is 3.11. The van der Waals surface area contributed by atoms with E-state index in [4.69, 9.17) is 0 Å². The van der Waals surface area contributed by atoms with Crippen molar-refractivity contribution < 1.29 is 13.2 Å². The molecule has 0 bridgehead atoms. The van der Waals surface area contributed by atoms with Crippen LogP contribution in [0.1, 0.15) is 48.1 Å². The van der Waals surface area contributed by atoms with E-state index < -0.39 is 10.0 Å². The number of hydrogen-bond acceptors (Lipinski definition) is 4. The van der Waals surface area contributed by atoms with Crippen molar-refractivity contribution in [2.45, 2.75) is 51.0 Å². The number of carbonyl (C=O) groups is 1. The third-order valence-electron chi connectivity index (χ3n) is 6.81. The maximum Gasteiger partial charge on any atom is 0.243 e. The highest BCUT2D eigenvalue weighted by molar-refractivity contribution is 7.89. The fraction of sp³-hybridized carbons (Fsp3) is 0.500. The molecule has 0 aromatic heterocycles. The molecule has 3 rings (SSSR count). The molecule has 1 unspecified atom stereocenters. The summed E-state index contributed by atoms with van der Waals surface area (Å²) in [5.41, 5.74) is 4.50. The van der Waals surface area contributed by atoms with Gasteiger partial charge in [0.1, 0.15) is 0 Å². The van der Waals surface area contributed by atoms with E-state index in [0.717, 1.165) is 17.5 Å². The van der Waals surface area contributed by atoms with Gasteiger partial charge < -0.3 is 10.2 Å². The van der Waals surface area contributed by atoms with E-state index in [9.17, 15) is 13.2 Å². The van der Waals surface area contributed by atoms with Crippen LogP contribution < -0.4 is 5.32 Å². The molecule has 1 fully saturated rings. The van der Waals surface area contributed by atoms with Crippen molar-refractivity contribution >= 4 is 15.9 Å². The van der Waals surface area contributed by atoms with Crippen LogP contribution >= 0.6 is 0 Å². The van der Waals surface area contributed by atoms with E-state index in [1.165, 1.54) is 15.4 Å². The van der Waals surface area contributed by atoms with E-state index in [-0.39, 0.29) is 17.9 Å². The topological polar surface area (TPSA) is 69.7 Å². The number of amides is 1. The highest BCUT2D eigenvalue weighted by Gasteiger charge is 2.32. The molecular formula is C26H37N3O3S. The number of rotatable bonds is 8. The van der Waals surface area contributed by atoms with Gasteiger partial charge in [0, 0.05) is 25.6 Å². The molecule has 1 aliphatic rings. The SMILES string of the molecule is CCc1ccc(C(CNC(=O)C2CCN(S(=O)(=O)c3ccc(C)c(C)c3)CC2)N(C)C)cc1. The van der Waals surface area contributed by atoms with E-state index in [1.807, 2.05) is 34.0 Å². The Labute approximate surface area is 199 Å². The molecule has 1 N–H and O–H groups in total. The lowest BCUT2D eigenvalue weighted by atomic mass is 9.96. The quantitative estimate of drug-likeness (QED) is 0.638. The first-order valence-electron chi connectivity index (χ1n) is 11.7. The second-order valence-corrected chi connectivity index (χ2v) is 11.2. The normalized spacial score (nSPS) is 16.7. The van der Waals surface area contributed by atoms with Crippen LogP contribution in [0.15, 0.2) is 47.4 Å². The molecule has 180 valence electrons. The van der Waals surface area contributed by atoms with Crippen LogP contribution in [0.5, 0.6) is 0 Å². The summed E-state index contributed by atoms with van der Waals surface area (Å²) in [6, 6.07) is 13.9. The number of nitrogens with zero attached hydrogens (tertiary/aromatic N) is 2. The number of aryl methyl sites for hydroxylation is 3. The van der Waals surface area contributed by atoms with Crippen molar-refractivity contribution in [3.63, 3.8) is 0 Å². The maximum absolute atomic E-state index is 13.0. The van der Waals surface area contributed by atoms with Crippen LogP contribution in [-0.4, -0.2) is 57.3 Å². The Morgan fingerprint density at radius 3 is 2.24 bits per heavy atom. The Morgan fingerprint density at radius 2 is 1.70 bits per heavy atom. The van der Waals surface area contributed by atoms with E-state index >= 15 is 0 Å². The van der Waals surface area contributed by atoms with Gasteiger partial charge in [-0.15, -0.1) is 0 Å². The molecule has 1 amide bonds. The van der Waals surface area contributed by atoms with Crippen molar-refractivity contribution in [3.8, 4) is 0 Å². The van der Waals surface area contributed by atoms with Crippen molar-refractivity contribution in [2.75, 3.05) is 33.7 Å². The molecule has 1 saturated heterocycles. The van der Waals surface area contributed by atoms with Crippen LogP contribution in [-0.2, 0) is 21.2 Å². The first-order valence-corrected chi connectivity index (χ1v) is 13.2. The lowest BCUT2D eigenvalue weighted by molar-refractivity contribution is -0.126. The van der Waals surface area contributed by atoms with Crippen molar-refractivity contribution in [1.29, 1.82) is 0 Å². The average molecular weight is 472 g/mol. The highest BCUT2D eigenvalue weighted by atomic mass is 32.2. The van der Waals surface area contributed by atoms with Gasteiger partial charge in [-0.1, -0.05) is 37.3 Å². The third-order valence-corrected chi connectivity index (χ3v) is 8.70. The number of benzene rings is 2. The molecule has 2 aromatic rings. The zero-order chi connectivity index (χ0) is 24.2. The van der Waals surface area contributed by atoms with E-state index in [1.54, 1.807) is 12.1 Å². The van der Waals surface area contributed by atoms with Crippen LogP contribution in [0, 0.1) is 19.8 Å². The smallest absolute Gasteiger partial charge is 0.243 e. The molecule has 0 radical (unpaired) electrons. The second kappa shape index (κ2) is 10.8. The summed E-state index contributed by atoms with van der Waals surface area (Å²) in [6.45, 7) is 7.28. The third kappa shape index (κ3) is 6.02. The van der Waals surface area contributed by atoms with Crippen LogP contribution in [0.3, 0.4) is 0 Å². The number of nitrogens with one attached hydrogen (secondary N) is 1. The molecule has 0 spiro atoms. The largest absolute Gasteiger partial charge is 0.354 e. The fourth-order valence-corrected chi connectivity index (χ4v) is 5.85. The molecule has 1 heterocycles. The zero-order valence-electron chi connectivity index (χ0n) is 20.5. The second-order valence-electron chi connectivity index (χ2n) is 9.24. The van der Waals surface area contributed by atoms with E-state index in [0.29, 0.717) is 37.4 Å². The van der Waals surface area contributed by atoms with Gasteiger partial charge in [-0.25, -0.2) is 8.42 Å². The molecule has 33 heavy (non-hydrogen) atoms. The molecule has 1 atom stereocenters. The Morgan fingerprint density at radius 1 is 1.06 bits per heavy atom. The molecular weight excluding hydrogens is 434 g/mol. The minimum Gasteiger partial charge on any atom is -0.354 e. The lowest BCUT2D eigenvalue weighted by Gasteiger charge is -2.31. The number of piperidine rings is 1. The Kier molecular flexibility index (Phi) is 8.32. The lowest BCUT2D eigenvalue weighted by Crippen LogP contribution is -2.44. The highest BCUT2D eigenvalue weighted by Crippen LogP contribution is 2.26. The van der Waals surface area contributed by atoms with Gasteiger partial charge >= 0.3 is 0 Å². The summed E-state index contributed by atoms with van der Waals surface area (Å²) in [5.74, 6) is -0.156. The summed E-state index contributed by atoms with van der Waals surface area (Å²) in [6.07, 6.45) is 2.07. The molecule has 6 nitrogen and oxygen atoms in total. The number of hydrogen-bond donors (Lipinski definition) is 1. The first-order chi connectivity index (χ1) is 15.6. The molecule has 7 heteroatoms. The standard InChI is InChI=1S/C26H37N3O3S/c1-6-21-8-10-22(11-9-21)25(28(4)5)18-27-26(30)23-13-15-29(16-14-23)33(31,32)24-12-7-19(2)20(3)17-24/h7-12,17,23,25H,6,13-16,18H2,1-5H3,(H,27,30).